The largest absolute Gasteiger partial charge is 0.489 e. The van der Waals surface area contributed by atoms with Gasteiger partial charge in [-0.05, 0) is 36.8 Å². The SMILES string of the molecule is CC(Sc1nnc(C(F)(F)F)n1C)C(=O)Nc1ccc(OCc2ccccc2)cc1. The lowest BCUT2D eigenvalue weighted by Crippen LogP contribution is -2.23. The van der Waals surface area contributed by atoms with Crippen LogP contribution in [0.3, 0.4) is 0 Å². The van der Waals surface area contributed by atoms with Crippen LogP contribution in [0.1, 0.15) is 18.3 Å². The van der Waals surface area contributed by atoms with Crippen LogP contribution < -0.4 is 10.1 Å². The fourth-order valence-electron chi connectivity index (χ4n) is 2.50. The zero-order chi connectivity index (χ0) is 21.7. The van der Waals surface area contributed by atoms with Crippen molar-refractivity contribution in [1.82, 2.24) is 14.8 Å². The van der Waals surface area contributed by atoms with Crippen molar-refractivity contribution < 1.29 is 22.7 Å². The van der Waals surface area contributed by atoms with Gasteiger partial charge in [-0.15, -0.1) is 10.2 Å². The molecule has 3 rings (SSSR count). The Balaban J connectivity index is 1.54. The minimum Gasteiger partial charge on any atom is -0.489 e. The Morgan fingerprint density at radius 2 is 1.80 bits per heavy atom. The van der Waals surface area contributed by atoms with Crippen LogP contribution in [0.15, 0.2) is 59.8 Å². The van der Waals surface area contributed by atoms with E-state index in [0.29, 0.717) is 18.0 Å². The molecular weight excluding hydrogens is 417 g/mol. The number of ether oxygens (including phenoxy) is 1. The fourth-order valence-corrected chi connectivity index (χ4v) is 3.31. The molecule has 0 aliphatic carbocycles. The average molecular weight is 436 g/mol. The summed E-state index contributed by atoms with van der Waals surface area (Å²) in [7, 11) is 1.21. The molecule has 0 fully saturated rings. The Bertz CT molecular complexity index is 992. The molecule has 3 aromatic rings. The first kappa shape index (κ1) is 21.7. The van der Waals surface area contributed by atoms with Gasteiger partial charge in [0.25, 0.3) is 0 Å². The first-order valence-electron chi connectivity index (χ1n) is 8.95. The van der Waals surface area contributed by atoms with Crippen LogP contribution >= 0.6 is 11.8 Å². The van der Waals surface area contributed by atoms with Crippen molar-refractivity contribution >= 4 is 23.4 Å². The summed E-state index contributed by atoms with van der Waals surface area (Å²) < 4.78 is 44.9. The first-order chi connectivity index (χ1) is 14.2. The Hall–Kier alpha value is -3.01. The zero-order valence-electron chi connectivity index (χ0n) is 16.2. The van der Waals surface area contributed by atoms with Crippen LogP contribution in [-0.2, 0) is 24.6 Å². The van der Waals surface area contributed by atoms with Crippen LogP contribution in [0.2, 0.25) is 0 Å². The molecule has 1 amide bonds. The highest BCUT2D eigenvalue weighted by atomic mass is 32.2. The van der Waals surface area contributed by atoms with Crippen molar-refractivity contribution in [2.45, 2.75) is 30.1 Å². The van der Waals surface area contributed by atoms with Crippen molar-refractivity contribution in [3.8, 4) is 5.75 Å². The number of nitrogens with zero attached hydrogens (tertiary/aromatic N) is 3. The van der Waals surface area contributed by atoms with E-state index in [2.05, 4.69) is 15.5 Å². The summed E-state index contributed by atoms with van der Waals surface area (Å²) in [5, 5.41) is 8.74. The highest BCUT2D eigenvalue weighted by Crippen LogP contribution is 2.31. The van der Waals surface area contributed by atoms with Gasteiger partial charge in [0.05, 0.1) is 5.25 Å². The van der Waals surface area contributed by atoms with E-state index in [4.69, 9.17) is 4.74 Å². The molecule has 1 atom stereocenters. The maximum absolute atomic E-state index is 12.8. The third-order valence-corrected chi connectivity index (χ3v) is 5.24. The van der Waals surface area contributed by atoms with Crippen LogP contribution in [0.25, 0.3) is 0 Å². The van der Waals surface area contributed by atoms with Gasteiger partial charge in [-0.3, -0.25) is 4.79 Å². The van der Waals surface area contributed by atoms with Crippen molar-refractivity contribution in [1.29, 1.82) is 0 Å². The molecule has 158 valence electrons. The summed E-state index contributed by atoms with van der Waals surface area (Å²) in [6.45, 7) is 2.01. The van der Waals surface area contributed by atoms with Crippen molar-refractivity contribution in [3.05, 3.63) is 66.0 Å². The number of aromatic nitrogens is 3. The van der Waals surface area contributed by atoms with Gasteiger partial charge in [-0.25, -0.2) is 0 Å². The average Bonchev–Trinajstić information content (AvgIpc) is 3.09. The summed E-state index contributed by atoms with van der Waals surface area (Å²) >= 11 is 0.896. The van der Waals surface area contributed by atoms with Gasteiger partial charge in [0.15, 0.2) is 5.16 Å². The number of amides is 1. The maximum Gasteiger partial charge on any atom is 0.451 e. The van der Waals surface area contributed by atoms with Crippen LogP contribution in [0.4, 0.5) is 18.9 Å². The van der Waals surface area contributed by atoms with Crippen LogP contribution in [-0.4, -0.2) is 25.9 Å². The van der Waals surface area contributed by atoms with E-state index >= 15 is 0 Å². The third-order valence-electron chi connectivity index (χ3n) is 4.11. The molecule has 2 aromatic carbocycles. The van der Waals surface area contributed by atoms with Gasteiger partial charge in [0, 0.05) is 12.7 Å². The molecule has 0 spiro atoms. The quantitative estimate of drug-likeness (QED) is 0.551. The summed E-state index contributed by atoms with van der Waals surface area (Å²) in [5.41, 5.74) is 1.59. The molecule has 0 radical (unpaired) electrons. The fraction of sp³-hybridized carbons (Fsp3) is 0.250. The van der Waals surface area contributed by atoms with E-state index in [0.717, 1.165) is 21.9 Å². The molecule has 30 heavy (non-hydrogen) atoms. The van der Waals surface area contributed by atoms with Gasteiger partial charge in [-0.2, -0.15) is 13.2 Å². The third kappa shape index (κ3) is 5.53. The minimum absolute atomic E-state index is 0.00892. The second-order valence-electron chi connectivity index (χ2n) is 6.41. The molecule has 1 unspecified atom stereocenters. The molecule has 0 saturated heterocycles. The normalized spacial score (nSPS) is 12.4. The summed E-state index contributed by atoms with van der Waals surface area (Å²) in [6, 6.07) is 16.6. The standard InChI is InChI=1S/C20H19F3N4O2S/c1-13(30-19-26-25-18(27(19)2)20(21,22)23)17(28)24-15-8-10-16(11-9-15)29-12-14-6-4-3-5-7-14/h3-11,13H,12H2,1-2H3,(H,24,28). The second kappa shape index (κ2) is 9.21. The summed E-state index contributed by atoms with van der Waals surface area (Å²) in [4.78, 5) is 12.4. The number of thioether (sulfide) groups is 1. The topological polar surface area (TPSA) is 69.0 Å². The molecule has 0 aliphatic rings. The number of alkyl halides is 3. The Labute approximate surface area is 175 Å². The summed E-state index contributed by atoms with van der Waals surface area (Å²) in [6.07, 6.45) is -4.60. The molecule has 0 aliphatic heterocycles. The smallest absolute Gasteiger partial charge is 0.451 e. The van der Waals surface area contributed by atoms with E-state index in [-0.39, 0.29) is 11.1 Å². The van der Waals surface area contributed by atoms with E-state index in [1.54, 1.807) is 31.2 Å². The van der Waals surface area contributed by atoms with E-state index < -0.39 is 17.3 Å². The number of benzene rings is 2. The van der Waals surface area contributed by atoms with Crippen LogP contribution in [0.5, 0.6) is 5.75 Å². The number of carbonyl (C=O) groups excluding carboxylic acids is 1. The number of nitrogens with one attached hydrogen (secondary N) is 1. The van der Waals surface area contributed by atoms with Gasteiger partial charge in [0.1, 0.15) is 12.4 Å². The molecule has 10 heteroatoms. The molecule has 1 N–H and O–H groups in total. The number of anilines is 1. The van der Waals surface area contributed by atoms with Gasteiger partial charge in [0.2, 0.25) is 11.7 Å². The van der Waals surface area contributed by atoms with Crippen LogP contribution in [0, 0.1) is 0 Å². The van der Waals surface area contributed by atoms with Gasteiger partial charge in [-0.1, -0.05) is 42.1 Å². The van der Waals surface area contributed by atoms with Crippen molar-refractivity contribution in [3.63, 3.8) is 0 Å². The lowest BCUT2D eigenvalue weighted by Gasteiger charge is -2.13. The number of carbonyl (C=O) groups is 1. The van der Waals surface area contributed by atoms with E-state index in [1.165, 1.54) is 7.05 Å². The Morgan fingerprint density at radius 1 is 1.13 bits per heavy atom. The van der Waals surface area contributed by atoms with E-state index in [1.807, 2.05) is 30.3 Å². The Morgan fingerprint density at radius 3 is 2.40 bits per heavy atom. The number of hydrogen-bond donors (Lipinski definition) is 1. The van der Waals surface area contributed by atoms with E-state index in [9.17, 15) is 18.0 Å². The lowest BCUT2D eigenvalue weighted by atomic mass is 10.2. The number of halogens is 3. The van der Waals surface area contributed by atoms with Crippen molar-refractivity contribution in [2.75, 3.05) is 5.32 Å². The Kier molecular flexibility index (Phi) is 6.66. The number of rotatable bonds is 7. The van der Waals surface area contributed by atoms with Gasteiger partial charge < -0.3 is 14.6 Å². The minimum atomic E-state index is -4.60. The summed E-state index contributed by atoms with van der Waals surface area (Å²) in [5.74, 6) is -0.823. The highest BCUT2D eigenvalue weighted by Gasteiger charge is 2.37. The molecule has 1 heterocycles. The molecule has 1 aromatic heterocycles. The predicted molar refractivity (Wildman–Crippen MR) is 107 cm³/mol. The molecule has 6 nitrogen and oxygen atoms in total. The molecular formula is C20H19F3N4O2S. The number of hydrogen-bond acceptors (Lipinski definition) is 5. The second-order valence-corrected chi connectivity index (χ2v) is 7.72. The predicted octanol–water partition coefficient (Wildman–Crippen LogP) is 4.53. The van der Waals surface area contributed by atoms with Gasteiger partial charge >= 0.3 is 6.18 Å². The lowest BCUT2D eigenvalue weighted by molar-refractivity contribution is -0.147. The first-order valence-corrected chi connectivity index (χ1v) is 9.83. The van der Waals surface area contributed by atoms with Crippen molar-refractivity contribution in [2.24, 2.45) is 7.05 Å². The molecule has 0 saturated carbocycles. The highest BCUT2D eigenvalue weighted by molar-refractivity contribution is 8.00. The molecule has 0 bridgehead atoms. The maximum atomic E-state index is 12.8. The zero-order valence-corrected chi connectivity index (χ0v) is 17.0. The monoisotopic (exact) mass is 436 g/mol.